The number of nitrogens with zero attached hydrogens (tertiary/aromatic N) is 3. The van der Waals surface area contributed by atoms with E-state index in [0.29, 0.717) is 5.75 Å². The summed E-state index contributed by atoms with van der Waals surface area (Å²) < 4.78 is 21.3. The lowest BCUT2D eigenvalue weighted by Gasteiger charge is -2.20. The molecule has 2 aromatic rings. The van der Waals surface area contributed by atoms with Gasteiger partial charge in [-0.25, -0.2) is 9.37 Å². The molecule has 3 rings (SSSR count). The van der Waals surface area contributed by atoms with Crippen LogP contribution in [0.5, 0.6) is 5.75 Å². The Labute approximate surface area is 129 Å². The number of hydrogen-bond acceptors (Lipinski definition) is 4. The molecule has 5 nitrogen and oxygen atoms in total. The van der Waals surface area contributed by atoms with Gasteiger partial charge in [-0.3, -0.25) is 4.68 Å². The predicted octanol–water partition coefficient (Wildman–Crippen LogP) is 3.45. The molecule has 0 amide bonds. The highest BCUT2D eigenvalue weighted by Crippen LogP contribution is 2.32. The fourth-order valence-corrected chi connectivity index (χ4v) is 2.89. The summed E-state index contributed by atoms with van der Waals surface area (Å²) in [4.78, 5) is 4.24. The van der Waals surface area contributed by atoms with Crippen molar-refractivity contribution in [1.82, 2.24) is 14.8 Å². The quantitative estimate of drug-likeness (QED) is 0.919. The molecule has 0 aliphatic heterocycles. The molecule has 6 heteroatoms. The largest absolute Gasteiger partial charge is 0.488 e. The minimum absolute atomic E-state index is 0.0520. The molecule has 1 N–H and O–H groups in total. The summed E-state index contributed by atoms with van der Waals surface area (Å²) in [6.45, 7) is 1.99. The number of nitrogens with one attached hydrogen (secondary N) is 1. The Kier molecular flexibility index (Phi) is 4.27. The Bertz CT molecular complexity index is 637. The second-order valence-corrected chi connectivity index (χ2v) is 5.77. The third-order valence-corrected chi connectivity index (χ3v) is 4.05. The molecule has 0 saturated heterocycles. The van der Waals surface area contributed by atoms with Crippen LogP contribution in [-0.4, -0.2) is 20.9 Å². The zero-order valence-corrected chi connectivity index (χ0v) is 12.9. The van der Waals surface area contributed by atoms with Gasteiger partial charge in [0.25, 0.3) is 0 Å². The van der Waals surface area contributed by atoms with Crippen LogP contribution in [0.15, 0.2) is 24.5 Å². The normalized spacial score (nSPS) is 16.7. The molecule has 1 aromatic carbocycles. The molecule has 1 aliphatic carbocycles. The minimum Gasteiger partial charge on any atom is -0.488 e. The highest BCUT2D eigenvalue weighted by Gasteiger charge is 2.20. The summed E-state index contributed by atoms with van der Waals surface area (Å²) in [5.41, 5.74) is 0.781. The summed E-state index contributed by atoms with van der Waals surface area (Å²) in [6, 6.07) is 4.55. The lowest BCUT2D eigenvalue weighted by Crippen LogP contribution is -2.16. The number of anilines is 1. The molecular formula is C16H21FN4O. The first kappa shape index (κ1) is 14.8. The van der Waals surface area contributed by atoms with Gasteiger partial charge >= 0.3 is 0 Å². The molecular weight excluding hydrogens is 283 g/mol. The maximum atomic E-state index is 13.6. The molecule has 1 aromatic heterocycles. The Balaban J connectivity index is 1.78. The van der Waals surface area contributed by atoms with Crippen molar-refractivity contribution >= 4 is 5.69 Å². The van der Waals surface area contributed by atoms with E-state index in [2.05, 4.69) is 15.4 Å². The van der Waals surface area contributed by atoms with Crippen LogP contribution >= 0.6 is 0 Å². The third kappa shape index (κ3) is 3.21. The smallest absolute Gasteiger partial charge is 0.148 e. The van der Waals surface area contributed by atoms with Gasteiger partial charge in [-0.2, -0.15) is 5.10 Å². The summed E-state index contributed by atoms with van der Waals surface area (Å²) in [7, 11) is 1.85. The van der Waals surface area contributed by atoms with Crippen LogP contribution in [0.4, 0.5) is 10.1 Å². The van der Waals surface area contributed by atoms with Crippen LogP contribution in [0.25, 0.3) is 0 Å². The Hall–Kier alpha value is -2.11. The molecule has 1 unspecified atom stereocenters. The molecule has 0 spiro atoms. The SMILES string of the molecule is CC(Nc1ccc(F)cc1OC1CCCC1)c1ncnn1C. The van der Waals surface area contributed by atoms with Crippen molar-refractivity contribution in [2.75, 3.05) is 5.32 Å². The first-order chi connectivity index (χ1) is 10.6. The zero-order valence-electron chi connectivity index (χ0n) is 12.9. The van der Waals surface area contributed by atoms with Gasteiger partial charge in [0.05, 0.1) is 17.8 Å². The lowest BCUT2D eigenvalue weighted by atomic mass is 10.2. The number of hydrogen-bond donors (Lipinski definition) is 1. The maximum Gasteiger partial charge on any atom is 0.148 e. The Morgan fingerprint density at radius 2 is 2.14 bits per heavy atom. The Morgan fingerprint density at radius 1 is 1.36 bits per heavy atom. The van der Waals surface area contributed by atoms with Crippen molar-refractivity contribution in [2.24, 2.45) is 7.05 Å². The molecule has 1 atom stereocenters. The van der Waals surface area contributed by atoms with Gasteiger partial charge in [-0.05, 0) is 44.7 Å². The third-order valence-electron chi connectivity index (χ3n) is 4.05. The van der Waals surface area contributed by atoms with E-state index in [4.69, 9.17) is 4.74 Å². The summed E-state index contributed by atoms with van der Waals surface area (Å²) in [6.07, 6.45) is 6.14. The van der Waals surface area contributed by atoms with Crippen molar-refractivity contribution in [1.29, 1.82) is 0 Å². The van der Waals surface area contributed by atoms with Gasteiger partial charge in [0.2, 0.25) is 0 Å². The number of benzene rings is 1. The van der Waals surface area contributed by atoms with E-state index in [-0.39, 0.29) is 18.0 Å². The standard InChI is InChI=1S/C16H21FN4O/c1-11(16-18-10-19-21(16)2)20-14-8-7-12(17)9-15(14)22-13-5-3-4-6-13/h7-11,13,20H,3-6H2,1-2H3. The number of aromatic nitrogens is 3. The van der Waals surface area contributed by atoms with Crippen LogP contribution in [0.1, 0.15) is 44.5 Å². The second-order valence-electron chi connectivity index (χ2n) is 5.77. The average molecular weight is 304 g/mol. The van der Waals surface area contributed by atoms with Crippen LogP contribution in [0, 0.1) is 5.82 Å². The second kappa shape index (κ2) is 6.34. The van der Waals surface area contributed by atoms with E-state index in [0.717, 1.165) is 24.4 Å². The van der Waals surface area contributed by atoms with Crippen LogP contribution < -0.4 is 10.1 Å². The van der Waals surface area contributed by atoms with E-state index in [1.165, 1.54) is 31.3 Å². The fraction of sp³-hybridized carbons (Fsp3) is 0.500. The maximum absolute atomic E-state index is 13.6. The molecule has 1 fully saturated rings. The van der Waals surface area contributed by atoms with Gasteiger partial charge < -0.3 is 10.1 Å². The van der Waals surface area contributed by atoms with Crippen molar-refractivity contribution < 1.29 is 9.13 Å². The van der Waals surface area contributed by atoms with E-state index >= 15 is 0 Å². The first-order valence-corrected chi connectivity index (χ1v) is 7.70. The number of rotatable bonds is 5. The van der Waals surface area contributed by atoms with E-state index < -0.39 is 0 Å². The molecule has 0 radical (unpaired) electrons. The van der Waals surface area contributed by atoms with Crippen LogP contribution in [-0.2, 0) is 7.05 Å². The molecule has 118 valence electrons. The van der Waals surface area contributed by atoms with Gasteiger partial charge in [0.1, 0.15) is 23.7 Å². The lowest BCUT2D eigenvalue weighted by molar-refractivity contribution is 0.210. The van der Waals surface area contributed by atoms with Crippen LogP contribution in [0.3, 0.4) is 0 Å². The molecule has 1 heterocycles. The van der Waals surface area contributed by atoms with E-state index in [9.17, 15) is 4.39 Å². The topological polar surface area (TPSA) is 52.0 Å². The van der Waals surface area contributed by atoms with Crippen molar-refractivity contribution in [3.63, 3.8) is 0 Å². The number of ether oxygens (including phenoxy) is 1. The average Bonchev–Trinajstić information content (AvgIpc) is 3.13. The summed E-state index contributed by atoms with van der Waals surface area (Å²) >= 11 is 0. The zero-order chi connectivity index (χ0) is 15.5. The number of aryl methyl sites for hydroxylation is 1. The monoisotopic (exact) mass is 304 g/mol. The minimum atomic E-state index is -0.287. The first-order valence-electron chi connectivity index (χ1n) is 7.70. The fourth-order valence-electron chi connectivity index (χ4n) is 2.89. The molecule has 0 bridgehead atoms. The van der Waals surface area contributed by atoms with Gasteiger partial charge in [0.15, 0.2) is 0 Å². The Morgan fingerprint density at radius 3 is 2.82 bits per heavy atom. The van der Waals surface area contributed by atoms with Crippen molar-refractivity contribution in [2.45, 2.75) is 44.8 Å². The summed E-state index contributed by atoms with van der Waals surface area (Å²) in [5, 5.41) is 7.41. The molecule has 1 saturated carbocycles. The predicted molar refractivity (Wildman–Crippen MR) is 82.3 cm³/mol. The highest BCUT2D eigenvalue weighted by molar-refractivity contribution is 5.57. The summed E-state index contributed by atoms with van der Waals surface area (Å²) in [5.74, 6) is 1.10. The molecule has 1 aliphatic rings. The van der Waals surface area contributed by atoms with Gasteiger partial charge in [-0.15, -0.1) is 0 Å². The number of halogens is 1. The molecule has 22 heavy (non-hydrogen) atoms. The van der Waals surface area contributed by atoms with Crippen molar-refractivity contribution in [3.05, 3.63) is 36.2 Å². The van der Waals surface area contributed by atoms with Gasteiger partial charge in [-0.1, -0.05) is 0 Å². The van der Waals surface area contributed by atoms with Gasteiger partial charge in [0, 0.05) is 13.1 Å². The van der Waals surface area contributed by atoms with E-state index in [1.807, 2.05) is 14.0 Å². The van der Waals surface area contributed by atoms with Crippen LogP contribution in [0.2, 0.25) is 0 Å². The highest BCUT2D eigenvalue weighted by atomic mass is 19.1. The van der Waals surface area contributed by atoms with Crippen molar-refractivity contribution in [3.8, 4) is 5.75 Å². The van der Waals surface area contributed by atoms with E-state index in [1.54, 1.807) is 10.7 Å².